The molecule has 6 nitrogen and oxygen atoms in total. The first-order valence-corrected chi connectivity index (χ1v) is 12.1. The molecule has 2 atom stereocenters. The van der Waals surface area contributed by atoms with Crippen LogP contribution in [-0.4, -0.2) is 66.2 Å². The van der Waals surface area contributed by atoms with Gasteiger partial charge in [0.05, 0.1) is 24.4 Å². The molecule has 2 aliphatic heterocycles. The van der Waals surface area contributed by atoms with Gasteiger partial charge in [0, 0.05) is 25.4 Å². The lowest BCUT2D eigenvalue weighted by Crippen LogP contribution is -2.85. The summed E-state index contributed by atoms with van der Waals surface area (Å²) in [6, 6.07) is 15.9. The molecule has 2 aromatic carbocycles. The fourth-order valence-electron chi connectivity index (χ4n) is 5.15. The highest BCUT2D eigenvalue weighted by Gasteiger charge is 2.69. The smallest absolute Gasteiger partial charge is 0.222 e. The van der Waals surface area contributed by atoms with Crippen LogP contribution in [0, 0.1) is 6.92 Å². The van der Waals surface area contributed by atoms with Gasteiger partial charge in [0.15, 0.2) is 0 Å². The van der Waals surface area contributed by atoms with E-state index in [1.807, 2.05) is 24.3 Å². The van der Waals surface area contributed by atoms with E-state index in [0.29, 0.717) is 19.5 Å². The van der Waals surface area contributed by atoms with Crippen molar-refractivity contribution >= 4 is 15.9 Å². The van der Waals surface area contributed by atoms with Crippen molar-refractivity contribution in [3.8, 4) is 11.1 Å². The lowest BCUT2D eigenvalue weighted by molar-refractivity contribution is -0.167. The van der Waals surface area contributed by atoms with Gasteiger partial charge in [-0.05, 0) is 23.6 Å². The van der Waals surface area contributed by atoms with Crippen LogP contribution in [0.1, 0.15) is 30.4 Å². The van der Waals surface area contributed by atoms with E-state index in [2.05, 4.69) is 31.2 Å². The fraction of sp³-hybridized carbons (Fsp3) is 0.435. The molecule has 0 aromatic heterocycles. The fourth-order valence-corrected chi connectivity index (χ4v) is 6.72. The molecule has 2 aliphatic rings. The second-order valence-electron chi connectivity index (χ2n) is 8.48. The molecule has 0 aliphatic carbocycles. The summed E-state index contributed by atoms with van der Waals surface area (Å²) < 4.78 is 26.4. The van der Waals surface area contributed by atoms with Crippen molar-refractivity contribution in [2.75, 3.05) is 26.0 Å². The Bertz CT molecular complexity index is 1040. The van der Waals surface area contributed by atoms with Crippen LogP contribution in [0.15, 0.2) is 48.5 Å². The molecule has 0 radical (unpaired) electrons. The number of benzene rings is 2. The molecule has 2 heterocycles. The normalized spacial score (nSPS) is 23.1. The van der Waals surface area contributed by atoms with Crippen LogP contribution < -0.4 is 0 Å². The van der Waals surface area contributed by atoms with Gasteiger partial charge in [-0.1, -0.05) is 61.0 Å². The number of amides is 1. The SMILES string of the molecule is CCC(=O)N1CC2(C1)[C@H](c1ccc(-c3ccc(C)cc3)cc1)[C@@H](CO)N2S(C)(=O)=O. The molecule has 2 aromatic rings. The Hall–Kier alpha value is -2.22. The van der Waals surface area contributed by atoms with Crippen LogP contribution in [0.25, 0.3) is 11.1 Å². The molecule has 7 heteroatoms. The summed E-state index contributed by atoms with van der Waals surface area (Å²) in [5, 5.41) is 10.00. The van der Waals surface area contributed by atoms with Crippen LogP contribution >= 0.6 is 0 Å². The minimum Gasteiger partial charge on any atom is -0.395 e. The molecule has 160 valence electrons. The van der Waals surface area contributed by atoms with Gasteiger partial charge in [0.1, 0.15) is 0 Å². The summed E-state index contributed by atoms with van der Waals surface area (Å²) >= 11 is 0. The number of hydrogen-bond donors (Lipinski definition) is 1. The molecule has 2 saturated heterocycles. The zero-order valence-corrected chi connectivity index (χ0v) is 18.4. The largest absolute Gasteiger partial charge is 0.395 e. The van der Waals surface area contributed by atoms with Gasteiger partial charge in [-0.3, -0.25) is 4.79 Å². The summed E-state index contributed by atoms with van der Waals surface area (Å²) in [6.07, 6.45) is 1.58. The van der Waals surface area contributed by atoms with E-state index in [0.717, 1.165) is 16.7 Å². The summed E-state index contributed by atoms with van der Waals surface area (Å²) in [5.41, 5.74) is 3.74. The number of aryl methyl sites for hydroxylation is 1. The Morgan fingerprint density at radius 3 is 2.07 bits per heavy atom. The van der Waals surface area contributed by atoms with Crippen molar-refractivity contribution in [2.45, 2.75) is 37.8 Å². The van der Waals surface area contributed by atoms with E-state index >= 15 is 0 Å². The zero-order chi connectivity index (χ0) is 21.7. The molecule has 2 fully saturated rings. The van der Waals surface area contributed by atoms with Crippen LogP contribution in [0.3, 0.4) is 0 Å². The third-order valence-corrected chi connectivity index (χ3v) is 7.84. The second-order valence-corrected chi connectivity index (χ2v) is 10.3. The van der Waals surface area contributed by atoms with Gasteiger partial charge in [0.25, 0.3) is 0 Å². The zero-order valence-electron chi connectivity index (χ0n) is 17.6. The number of nitrogens with zero attached hydrogens (tertiary/aromatic N) is 2. The van der Waals surface area contributed by atoms with Crippen molar-refractivity contribution in [3.05, 3.63) is 59.7 Å². The van der Waals surface area contributed by atoms with Gasteiger partial charge in [-0.2, -0.15) is 4.31 Å². The Balaban J connectivity index is 1.66. The average Bonchev–Trinajstić information content (AvgIpc) is 2.66. The first-order chi connectivity index (χ1) is 14.2. The van der Waals surface area contributed by atoms with E-state index < -0.39 is 21.6 Å². The van der Waals surface area contributed by atoms with Gasteiger partial charge in [-0.15, -0.1) is 0 Å². The van der Waals surface area contributed by atoms with Crippen molar-refractivity contribution in [2.24, 2.45) is 0 Å². The number of carbonyl (C=O) groups is 1. The maximum atomic E-state index is 12.5. The second kappa shape index (κ2) is 7.48. The molecule has 1 N–H and O–H groups in total. The highest BCUT2D eigenvalue weighted by atomic mass is 32.2. The predicted octanol–water partition coefficient (Wildman–Crippen LogP) is 2.37. The summed E-state index contributed by atoms with van der Waals surface area (Å²) in [7, 11) is -3.51. The molecule has 0 saturated carbocycles. The van der Waals surface area contributed by atoms with Gasteiger partial charge >= 0.3 is 0 Å². The van der Waals surface area contributed by atoms with E-state index in [-0.39, 0.29) is 18.4 Å². The molecule has 0 unspecified atom stereocenters. The minimum atomic E-state index is -3.51. The third-order valence-electron chi connectivity index (χ3n) is 6.49. The van der Waals surface area contributed by atoms with Crippen molar-refractivity contribution in [3.63, 3.8) is 0 Å². The first-order valence-electron chi connectivity index (χ1n) is 10.3. The summed E-state index contributed by atoms with van der Waals surface area (Å²) in [5.74, 6) is -0.125. The van der Waals surface area contributed by atoms with Crippen molar-refractivity contribution < 1.29 is 18.3 Å². The highest BCUT2D eigenvalue weighted by Crippen LogP contribution is 2.55. The lowest BCUT2D eigenvalue weighted by atomic mass is 9.62. The van der Waals surface area contributed by atoms with Crippen LogP contribution in [0.2, 0.25) is 0 Å². The summed E-state index contributed by atoms with van der Waals surface area (Å²) in [4.78, 5) is 13.8. The van der Waals surface area contributed by atoms with E-state index in [9.17, 15) is 18.3 Å². The molecule has 30 heavy (non-hydrogen) atoms. The van der Waals surface area contributed by atoms with E-state index in [4.69, 9.17) is 0 Å². The van der Waals surface area contributed by atoms with Gasteiger partial charge in [-0.25, -0.2) is 8.42 Å². The standard InChI is InChI=1S/C23H28N2O4S/c1-4-21(27)24-14-23(15-24)22(20(13-26)25(23)30(3,28)29)19-11-9-18(10-12-19)17-7-5-16(2)6-8-17/h5-12,20,22,26H,4,13-15H2,1-3H3/t20-,22-/m1/s1. The average molecular weight is 429 g/mol. The Kier molecular flexibility index (Phi) is 5.24. The molecule has 4 rings (SSSR count). The predicted molar refractivity (Wildman–Crippen MR) is 117 cm³/mol. The van der Waals surface area contributed by atoms with Crippen LogP contribution in [-0.2, 0) is 14.8 Å². The highest BCUT2D eigenvalue weighted by molar-refractivity contribution is 7.88. The number of rotatable bonds is 5. The Labute approximate surface area is 178 Å². The monoisotopic (exact) mass is 428 g/mol. The number of sulfonamides is 1. The van der Waals surface area contributed by atoms with Crippen molar-refractivity contribution in [1.82, 2.24) is 9.21 Å². The number of likely N-dealkylation sites (tertiary alicyclic amines) is 1. The van der Waals surface area contributed by atoms with E-state index in [1.165, 1.54) is 16.1 Å². The van der Waals surface area contributed by atoms with Crippen LogP contribution in [0.4, 0.5) is 0 Å². The van der Waals surface area contributed by atoms with Gasteiger partial charge in [0.2, 0.25) is 15.9 Å². The maximum Gasteiger partial charge on any atom is 0.222 e. The molecular weight excluding hydrogens is 400 g/mol. The first kappa shape index (κ1) is 21.0. The molecule has 0 bridgehead atoms. The quantitative estimate of drug-likeness (QED) is 0.793. The van der Waals surface area contributed by atoms with Crippen molar-refractivity contribution in [1.29, 1.82) is 0 Å². The number of carbonyl (C=O) groups excluding carboxylic acids is 1. The summed E-state index contributed by atoms with van der Waals surface area (Å²) in [6.45, 7) is 4.35. The maximum absolute atomic E-state index is 12.5. The van der Waals surface area contributed by atoms with E-state index in [1.54, 1.807) is 11.8 Å². The number of aliphatic hydroxyl groups is 1. The number of hydrogen-bond acceptors (Lipinski definition) is 4. The molecular formula is C23H28N2O4S. The topological polar surface area (TPSA) is 77.9 Å². The Morgan fingerprint density at radius 2 is 1.60 bits per heavy atom. The number of aliphatic hydroxyl groups excluding tert-OH is 1. The Morgan fingerprint density at radius 1 is 1.07 bits per heavy atom. The van der Waals surface area contributed by atoms with Gasteiger partial charge < -0.3 is 10.0 Å². The minimum absolute atomic E-state index is 0.0231. The molecule has 1 spiro atoms. The molecule has 1 amide bonds. The lowest BCUT2D eigenvalue weighted by Gasteiger charge is -2.69. The van der Waals surface area contributed by atoms with Crippen LogP contribution in [0.5, 0.6) is 0 Å². The third kappa shape index (κ3) is 3.25.